The van der Waals surface area contributed by atoms with E-state index in [-0.39, 0.29) is 0 Å². The van der Waals surface area contributed by atoms with Crippen molar-refractivity contribution in [1.29, 1.82) is 0 Å². The number of nitrogens with zero attached hydrogens (tertiary/aromatic N) is 1. The first-order valence-electron chi connectivity index (χ1n) is 6.55. The maximum Gasteiger partial charge on any atom is 0.212 e. The summed E-state index contributed by atoms with van der Waals surface area (Å²) >= 11 is 0. The van der Waals surface area contributed by atoms with Gasteiger partial charge in [0.2, 0.25) is 5.88 Å². The molecular formula is C14H23N3O. The van der Waals surface area contributed by atoms with E-state index in [4.69, 9.17) is 4.74 Å². The van der Waals surface area contributed by atoms with Crippen LogP contribution in [0.15, 0.2) is 18.3 Å². The standard InChI is InChI=1S/C14H23N3O/c1-14(2)10-15-7-6-12(14)16-8-11-4-5-13(18-3)17-9-11/h4-5,9,12,15-16H,6-8,10H2,1-3H3. The van der Waals surface area contributed by atoms with E-state index in [0.717, 1.165) is 19.6 Å². The third-order valence-corrected chi connectivity index (χ3v) is 3.69. The number of aromatic nitrogens is 1. The van der Waals surface area contributed by atoms with Crippen LogP contribution in [0, 0.1) is 5.41 Å². The average Bonchev–Trinajstić information content (AvgIpc) is 2.38. The van der Waals surface area contributed by atoms with E-state index < -0.39 is 0 Å². The van der Waals surface area contributed by atoms with Crippen LogP contribution in [0.25, 0.3) is 0 Å². The van der Waals surface area contributed by atoms with E-state index in [1.165, 1.54) is 12.0 Å². The van der Waals surface area contributed by atoms with Gasteiger partial charge in [0.05, 0.1) is 7.11 Å². The number of hydrogen-bond donors (Lipinski definition) is 2. The van der Waals surface area contributed by atoms with Crippen molar-refractivity contribution in [2.75, 3.05) is 20.2 Å². The molecule has 2 N–H and O–H groups in total. The second-order valence-electron chi connectivity index (χ2n) is 5.60. The van der Waals surface area contributed by atoms with E-state index in [9.17, 15) is 0 Å². The molecule has 0 radical (unpaired) electrons. The van der Waals surface area contributed by atoms with Crippen LogP contribution in [0.4, 0.5) is 0 Å². The zero-order chi connectivity index (χ0) is 13.0. The van der Waals surface area contributed by atoms with Gasteiger partial charge in [0.1, 0.15) is 0 Å². The molecule has 18 heavy (non-hydrogen) atoms. The summed E-state index contributed by atoms with van der Waals surface area (Å²) in [5.41, 5.74) is 1.50. The minimum Gasteiger partial charge on any atom is -0.481 e. The van der Waals surface area contributed by atoms with Crippen molar-refractivity contribution in [3.8, 4) is 5.88 Å². The van der Waals surface area contributed by atoms with Crippen LogP contribution in [-0.2, 0) is 6.54 Å². The fourth-order valence-corrected chi connectivity index (χ4v) is 2.43. The van der Waals surface area contributed by atoms with Gasteiger partial charge < -0.3 is 15.4 Å². The lowest BCUT2D eigenvalue weighted by atomic mass is 9.80. The number of hydrogen-bond acceptors (Lipinski definition) is 4. The largest absolute Gasteiger partial charge is 0.481 e. The lowest BCUT2D eigenvalue weighted by Gasteiger charge is -2.39. The van der Waals surface area contributed by atoms with Crippen molar-refractivity contribution in [2.24, 2.45) is 5.41 Å². The van der Waals surface area contributed by atoms with Gasteiger partial charge in [-0.15, -0.1) is 0 Å². The Labute approximate surface area is 109 Å². The van der Waals surface area contributed by atoms with Crippen molar-refractivity contribution in [1.82, 2.24) is 15.6 Å². The Bertz CT molecular complexity index is 375. The molecule has 0 amide bonds. The minimum atomic E-state index is 0.304. The number of nitrogens with one attached hydrogen (secondary N) is 2. The van der Waals surface area contributed by atoms with E-state index >= 15 is 0 Å². The highest BCUT2D eigenvalue weighted by atomic mass is 16.5. The molecule has 0 aromatic carbocycles. The third-order valence-electron chi connectivity index (χ3n) is 3.69. The molecule has 0 bridgehead atoms. The van der Waals surface area contributed by atoms with Gasteiger partial charge >= 0.3 is 0 Å². The molecule has 0 spiro atoms. The Balaban J connectivity index is 1.90. The fourth-order valence-electron chi connectivity index (χ4n) is 2.43. The summed E-state index contributed by atoms with van der Waals surface area (Å²) < 4.78 is 5.06. The Hall–Kier alpha value is -1.13. The molecule has 0 saturated carbocycles. The predicted octanol–water partition coefficient (Wildman–Crippen LogP) is 1.57. The number of ether oxygens (including phenoxy) is 1. The summed E-state index contributed by atoms with van der Waals surface area (Å²) in [6.07, 6.45) is 3.05. The Morgan fingerprint density at radius 2 is 2.33 bits per heavy atom. The monoisotopic (exact) mass is 249 g/mol. The third kappa shape index (κ3) is 3.21. The van der Waals surface area contributed by atoms with Crippen molar-refractivity contribution in [2.45, 2.75) is 32.9 Å². The van der Waals surface area contributed by atoms with Crippen LogP contribution in [0.5, 0.6) is 5.88 Å². The number of piperidine rings is 1. The molecule has 0 aliphatic carbocycles. The smallest absolute Gasteiger partial charge is 0.212 e. The molecule has 1 unspecified atom stereocenters. The van der Waals surface area contributed by atoms with Gasteiger partial charge in [-0.3, -0.25) is 0 Å². The Kier molecular flexibility index (Phi) is 4.19. The molecule has 100 valence electrons. The SMILES string of the molecule is COc1ccc(CNC2CCNCC2(C)C)cn1. The van der Waals surface area contributed by atoms with Gasteiger partial charge in [0.15, 0.2) is 0 Å². The van der Waals surface area contributed by atoms with Gasteiger partial charge in [0.25, 0.3) is 0 Å². The molecule has 4 heteroatoms. The molecule has 4 nitrogen and oxygen atoms in total. The van der Waals surface area contributed by atoms with E-state index in [0.29, 0.717) is 17.3 Å². The van der Waals surface area contributed by atoms with Gasteiger partial charge in [-0.2, -0.15) is 0 Å². The molecule has 1 aliphatic rings. The maximum atomic E-state index is 5.06. The Morgan fingerprint density at radius 1 is 1.50 bits per heavy atom. The first-order chi connectivity index (χ1) is 8.62. The molecule has 1 fully saturated rings. The highest BCUT2D eigenvalue weighted by molar-refractivity contribution is 5.17. The lowest BCUT2D eigenvalue weighted by molar-refractivity contribution is 0.184. The molecule has 1 aliphatic heterocycles. The van der Waals surface area contributed by atoms with E-state index in [1.54, 1.807) is 7.11 Å². The topological polar surface area (TPSA) is 46.2 Å². The lowest BCUT2D eigenvalue weighted by Crippen LogP contribution is -2.52. The molecule has 1 saturated heterocycles. The molecule has 1 aromatic rings. The molecule has 1 aromatic heterocycles. The zero-order valence-corrected chi connectivity index (χ0v) is 11.5. The van der Waals surface area contributed by atoms with Crippen LogP contribution in [0.2, 0.25) is 0 Å². The van der Waals surface area contributed by atoms with Crippen molar-refractivity contribution < 1.29 is 4.74 Å². The quantitative estimate of drug-likeness (QED) is 0.850. The molecule has 2 heterocycles. The van der Waals surface area contributed by atoms with Crippen LogP contribution in [0.1, 0.15) is 25.8 Å². The first-order valence-corrected chi connectivity index (χ1v) is 6.55. The predicted molar refractivity (Wildman–Crippen MR) is 72.7 cm³/mol. The summed E-state index contributed by atoms with van der Waals surface area (Å²) in [7, 11) is 1.64. The van der Waals surface area contributed by atoms with E-state index in [2.05, 4.69) is 35.5 Å². The van der Waals surface area contributed by atoms with Crippen LogP contribution in [-0.4, -0.2) is 31.2 Å². The fraction of sp³-hybridized carbons (Fsp3) is 0.643. The molecular weight excluding hydrogens is 226 g/mol. The number of pyridine rings is 1. The summed E-state index contributed by atoms with van der Waals surface area (Å²) in [5, 5.41) is 7.09. The highest BCUT2D eigenvalue weighted by Gasteiger charge is 2.31. The summed E-state index contributed by atoms with van der Waals surface area (Å²) in [5.74, 6) is 0.668. The van der Waals surface area contributed by atoms with Crippen molar-refractivity contribution >= 4 is 0 Å². The Morgan fingerprint density at radius 3 is 2.94 bits per heavy atom. The maximum absolute atomic E-state index is 5.06. The molecule has 1 atom stereocenters. The minimum absolute atomic E-state index is 0.304. The van der Waals surface area contributed by atoms with Crippen LogP contribution < -0.4 is 15.4 Å². The first kappa shape index (κ1) is 13.3. The number of rotatable bonds is 4. The highest BCUT2D eigenvalue weighted by Crippen LogP contribution is 2.25. The summed E-state index contributed by atoms with van der Waals surface area (Å²) in [4.78, 5) is 4.22. The summed E-state index contributed by atoms with van der Waals surface area (Å²) in [6.45, 7) is 7.66. The van der Waals surface area contributed by atoms with Gasteiger partial charge in [0, 0.05) is 31.4 Å². The van der Waals surface area contributed by atoms with E-state index in [1.807, 2.05) is 12.3 Å². The van der Waals surface area contributed by atoms with Crippen molar-refractivity contribution in [3.05, 3.63) is 23.9 Å². The van der Waals surface area contributed by atoms with Crippen molar-refractivity contribution in [3.63, 3.8) is 0 Å². The second-order valence-corrected chi connectivity index (χ2v) is 5.60. The van der Waals surface area contributed by atoms with Gasteiger partial charge in [-0.25, -0.2) is 4.98 Å². The van der Waals surface area contributed by atoms with Crippen LogP contribution in [0.3, 0.4) is 0 Å². The number of methoxy groups -OCH3 is 1. The second kappa shape index (κ2) is 5.67. The average molecular weight is 249 g/mol. The zero-order valence-electron chi connectivity index (χ0n) is 11.5. The normalized spacial score (nSPS) is 22.7. The van der Waals surface area contributed by atoms with Crippen LogP contribution >= 0.6 is 0 Å². The van der Waals surface area contributed by atoms with Gasteiger partial charge in [-0.1, -0.05) is 19.9 Å². The summed E-state index contributed by atoms with van der Waals surface area (Å²) in [6, 6.07) is 4.53. The van der Waals surface area contributed by atoms with Gasteiger partial charge in [-0.05, 0) is 23.9 Å². The molecule has 2 rings (SSSR count).